The number of hydrogen-bond donors (Lipinski definition) is 1. The van der Waals surface area contributed by atoms with Gasteiger partial charge >= 0.3 is 0 Å². The number of carbonyl (C=O) groups is 2. The smallest absolute Gasteiger partial charge is 0.264 e. The highest BCUT2D eigenvalue weighted by molar-refractivity contribution is 7.92. The number of nitrogens with one attached hydrogen (secondary N) is 1. The molecule has 0 saturated carbocycles. The summed E-state index contributed by atoms with van der Waals surface area (Å²) in [4.78, 5) is 29.5. The van der Waals surface area contributed by atoms with Crippen LogP contribution in [0.2, 0.25) is 5.02 Å². The van der Waals surface area contributed by atoms with Gasteiger partial charge in [0.2, 0.25) is 11.8 Å². The molecule has 4 rings (SSSR count). The van der Waals surface area contributed by atoms with Crippen LogP contribution in [-0.4, -0.2) is 43.8 Å². The molecule has 218 valence electrons. The van der Waals surface area contributed by atoms with Gasteiger partial charge in [-0.05, 0) is 61.4 Å². The minimum absolute atomic E-state index is 0.0595. The van der Waals surface area contributed by atoms with Gasteiger partial charge in [0.25, 0.3) is 10.0 Å². The molecule has 0 aromatic heterocycles. The van der Waals surface area contributed by atoms with Crippen LogP contribution < -0.4 is 9.62 Å². The first-order valence-electron chi connectivity index (χ1n) is 13.7. The Hall–Kier alpha value is -4.14. The van der Waals surface area contributed by atoms with Crippen LogP contribution in [0.4, 0.5) is 5.69 Å². The van der Waals surface area contributed by atoms with Crippen molar-refractivity contribution in [1.82, 2.24) is 10.2 Å². The Balaban J connectivity index is 1.78. The summed E-state index contributed by atoms with van der Waals surface area (Å²) in [6.07, 6.45) is 0.246. The van der Waals surface area contributed by atoms with Gasteiger partial charge in [0.05, 0.1) is 10.6 Å². The van der Waals surface area contributed by atoms with E-state index in [4.69, 9.17) is 11.6 Å². The Kier molecular flexibility index (Phi) is 10.4. The van der Waals surface area contributed by atoms with Crippen LogP contribution in [0.15, 0.2) is 120 Å². The summed E-state index contributed by atoms with van der Waals surface area (Å²) >= 11 is 6.12. The molecular weight excluding hydrogens is 570 g/mol. The van der Waals surface area contributed by atoms with E-state index in [0.717, 1.165) is 15.4 Å². The van der Waals surface area contributed by atoms with Crippen LogP contribution in [0.1, 0.15) is 25.0 Å². The Morgan fingerprint density at radius 2 is 1.31 bits per heavy atom. The first-order chi connectivity index (χ1) is 20.1. The Morgan fingerprint density at radius 1 is 0.762 bits per heavy atom. The Labute approximate surface area is 252 Å². The van der Waals surface area contributed by atoms with Crippen molar-refractivity contribution in [3.05, 3.63) is 131 Å². The molecule has 0 bridgehead atoms. The van der Waals surface area contributed by atoms with Gasteiger partial charge in [0.1, 0.15) is 12.6 Å². The molecule has 0 spiro atoms. The fourth-order valence-corrected chi connectivity index (χ4v) is 6.13. The van der Waals surface area contributed by atoms with Gasteiger partial charge in [0.15, 0.2) is 0 Å². The number of benzene rings is 4. The second-order valence-electron chi connectivity index (χ2n) is 10.2. The number of anilines is 1. The molecule has 4 aromatic rings. The molecule has 4 aromatic carbocycles. The summed E-state index contributed by atoms with van der Waals surface area (Å²) in [5.74, 6) is -0.846. The van der Waals surface area contributed by atoms with E-state index in [0.29, 0.717) is 10.7 Å². The van der Waals surface area contributed by atoms with Crippen LogP contribution in [0.25, 0.3) is 0 Å². The van der Waals surface area contributed by atoms with E-state index >= 15 is 0 Å². The van der Waals surface area contributed by atoms with Crippen LogP contribution in [0.5, 0.6) is 0 Å². The average Bonchev–Trinajstić information content (AvgIpc) is 2.99. The lowest BCUT2D eigenvalue weighted by molar-refractivity contribution is -0.140. The van der Waals surface area contributed by atoms with Gasteiger partial charge in [-0.1, -0.05) is 90.5 Å². The molecule has 0 aliphatic carbocycles. The van der Waals surface area contributed by atoms with Crippen LogP contribution >= 0.6 is 11.6 Å². The molecule has 0 saturated heterocycles. The van der Waals surface area contributed by atoms with Crippen molar-refractivity contribution in [2.45, 2.75) is 43.8 Å². The number of sulfonamides is 1. The van der Waals surface area contributed by atoms with Gasteiger partial charge in [-0.15, -0.1) is 0 Å². The lowest BCUT2D eigenvalue weighted by Gasteiger charge is -2.34. The fraction of sp³-hybridized carbons (Fsp3) is 0.212. The van der Waals surface area contributed by atoms with Crippen LogP contribution in [0.3, 0.4) is 0 Å². The number of nitrogens with zero attached hydrogens (tertiary/aromatic N) is 2. The molecule has 0 heterocycles. The summed E-state index contributed by atoms with van der Waals surface area (Å²) in [7, 11) is -4.12. The van der Waals surface area contributed by atoms with E-state index in [1.165, 1.54) is 17.0 Å². The maximum absolute atomic E-state index is 14.3. The second kappa shape index (κ2) is 14.2. The second-order valence-corrected chi connectivity index (χ2v) is 12.5. The summed E-state index contributed by atoms with van der Waals surface area (Å²) < 4.78 is 28.9. The number of para-hydroxylation sites is 1. The third kappa shape index (κ3) is 7.99. The maximum Gasteiger partial charge on any atom is 0.264 e. The third-order valence-electron chi connectivity index (χ3n) is 6.62. The van der Waals surface area contributed by atoms with Crippen molar-refractivity contribution in [1.29, 1.82) is 0 Å². The molecule has 1 atom stereocenters. The van der Waals surface area contributed by atoms with Crippen LogP contribution in [-0.2, 0) is 32.6 Å². The van der Waals surface area contributed by atoms with Crippen molar-refractivity contribution >= 4 is 39.1 Å². The SMILES string of the molecule is CC(C)NC(=O)[C@@H](Cc1ccccc1)N(Cc1ccc(Cl)cc1)C(=O)CN(c1ccccc1)S(=O)(=O)c1ccccc1. The summed E-state index contributed by atoms with van der Waals surface area (Å²) in [5, 5.41) is 3.49. The van der Waals surface area contributed by atoms with E-state index in [2.05, 4.69) is 5.32 Å². The van der Waals surface area contributed by atoms with Gasteiger partial charge in [-0.2, -0.15) is 0 Å². The first-order valence-corrected chi connectivity index (χ1v) is 15.5. The maximum atomic E-state index is 14.3. The minimum atomic E-state index is -4.12. The van der Waals surface area contributed by atoms with Crippen LogP contribution in [0, 0.1) is 0 Å². The van der Waals surface area contributed by atoms with Gasteiger partial charge in [-0.25, -0.2) is 8.42 Å². The summed E-state index contributed by atoms with van der Waals surface area (Å²) in [6, 6.07) is 31.9. The topological polar surface area (TPSA) is 86.8 Å². The minimum Gasteiger partial charge on any atom is -0.352 e. The van der Waals surface area contributed by atoms with E-state index in [9.17, 15) is 18.0 Å². The zero-order valence-electron chi connectivity index (χ0n) is 23.6. The summed E-state index contributed by atoms with van der Waals surface area (Å²) in [6.45, 7) is 3.28. The number of carbonyl (C=O) groups excluding carboxylic acids is 2. The Morgan fingerprint density at radius 3 is 1.88 bits per heavy atom. The average molecular weight is 604 g/mol. The van der Waals surface area contributed by atoms with Gasteiger partial charge in [-0.3, -0.25) is 13.9 Å². The highest BCUT2D eigenvalue weighted by Crippen LogP contribution is 2.25. The van der Waals surface area contributed by atoms with Crippen molar-refractivity contribution < 1.29 is 18.0 Å². The molecule has 0 unspecified atom stereocenters. The predicted octanol–water partition coefficient (Wildman–Crippen LogP) is 5.70. The number of amides is 2. The molecule has 0 fully saturated rings. The molecule has 2 amide bonds. The predicted molar refractivity (Wildman–Crippen MR) is 167 cm³/mol. The number of halogens is 1. The molecule has 0 radical (unpaired) electrons. The molecule has 9 heteroatoms. The van der Waals surface area contributed by atoms with E-state index in [1.54, 1.807) is 72.8 Å². The lowest BCUT2D eigenvalue weighted by Crippen LogP contribution is -2.54. The van der Waals surface area contributed by atoms with E-state index in [1.807, 2.05) is 44.2 Å². The highest BCUT2D eigenvalue weighted by atomic mass is 35.5. The van der Waals surface area contributed by atoms with Gasteiger partial charge < -0.3 is 10.2 Å². The lowest BCUT2D eigenvalue weighted by atomic mass is 10.0. The normalized spacial score (nSPS) is 12.0. The molecular formula is C33H34ClN3O4S. The monoisotopic (exact) mass is 603 g/mol. The highest BCUT2D eigenvalue weighted by Gasteiger charge is 2.34. The quantitative estimate of drug-likeness (QED) is 0.225. The van der Waals surface area contributed by atoms with Crippen molar-refractivity contribution in [3.8, 4) is 0 Å². The number of hydrogen-bond acceptors (Lipinski definition) is 4. The van der Waals surface area contributed by atoms with Crippen molar-refractivity contribution in [2.75, 3.05) is 10.8 Å². The van der Waals surface area contributed by atoms with Crippen molar-refractivity contribution in [2.24, 2.45) is 0 Å². The number of rotatable bonds is 12. The first kappa shape index (κ1) is 30.8. The van der Waals surface area contributed by atoms with Gasteiger partial charge in [0, 0.05) is 24.0 Å². The zero-order chi connectivity index (χ0) is 30.1. The third-order valence-corrected chi connectivity index (χ3v) is 8.66. The largest absolute Gasteiger partial charge is 0.352 e. The van der Waals surface area contributed by atoms with E-state index < -0.39 is 28.5 Å². The molecule has 0 aliphatic rings. The molecule has 42 heavy (non-hydrogen) atoms. The standard InChI is InChI=1S/C33H34ClN3O4S/c1-25(2)35-33(39)31(22-26-12-6-3-7-13-26)36(23-27-18-20-28(34)21-19-27)32(38)24-37(29-14-8-4-9-15-29)42(40,41)30-16-10-5-11-17-30/h3-21,25,31H,22-24H2,1-2H3,(H,35,39)/t31-/m1/s1. The van der Waals surface area contributed by atoms with Crippen molar-refractivity contribution in [3.63, 3.8) is 0 Å². The summed E-state index contributed by atoms with van der Waals surface area (Å²) in [5.41, 5.74) is 1.96. The van der Waals surface area contributed by atoms with E-state index in [-0.39, 0.29) is 29.8 Å². The molecule has 7 nitrogen and oxygen atoms in total. The molecule has 1 N–H and O–H groups in total. The molecule has 0 aliphatic heterocycles. The Bertz CT molecular complexity index is 1570. The zero-order valence-corrected chi connectivity index (χ0v) is 25.1. The fourth-order valence-electron chi connectivity index (χ4n) is 4.56.